The molecule has 3 heteroatoms. The Morgan fingerprint density at radius 2 is 2.00 bits per heavy atom. The topological polar surface area (TPSA) is 38.7 Å². The first-order valence-corrected chi connectivity index (χ1v) is 3.20. The Kier molecular flexibility index (Phi) is 2.97. The lowest BCUT2D eigenvalue weighted by molar-refractivity contribution is -0.128. The molecule has 9 heavy (non-hydrogen) atoms. The van der Waals surface area contributed by atoms with E-state index in [2.05, 4.69) is 0 Å². The second-order valence-electron chi connectivity index (χ2n) is 2.24. The zero-order chi connectivity index (χ0) is 6.53. The maximum Gasteiger partial charge on any atom is 0.146 e. The van der Waals surface area contributed by atoms with Gasteiger partial charge in [-0.05, 0) is 6.42 Å². The van der Waals surface area contributed by atoms with Crippen LogP contribution in [0.4, 0.5) is 0 Å². The zero-order valence-electron chi connectivity index (χ0n) is 5.38. The highest BCUT2D eigenvalue weighted by Gasteiger charge is 2.12. The van der Waals surface area contributed by atoms with Gasteiger partial charge in [-0.3, -0.25) is 0 Å². The van der Waals surface area contributed by atoms with Crippen molar-refractivity contribution >= 4 is 0 Å². The van der Waals surface area contributed by atoms with Gasteiger partial charge in [0, 0.05) is 12.5 Å². The molecule has 1 rings (SSSR count). The van der Waals surface area contributed by atoms with Gasteiger partial charge in [0.2, 0.25) is 0 Å². The van der Waals surface area contributed by atoms with Gasteiger partial charge in [0.1, 0.15) is 6.79 Å². The fraction of sp³-hybridized carbons (Fsp3) is 1.00. The molecule has 1 saturated heterocycles. The van der Waals surface area contributed by atoms with Crippen LogP contribution in [0.5, 0.6) is 0 Å². The molecule has 0 amide bonds. The summed E-state index contributed by atoms with van der Waals surface area (Å²) in [4.78, 5) is 0. The number of hydrogen-bond acceptors (Lipinski definition) is 3. The van der Waals surface area contributed by atoms with E-state index in [1.165, 1.54) is 0 Å². The first kappa shape index (κ1) is 6.99. The van der Waals surface area contributed by atoms with Crippen molar-refractivity contribution in [2.75, 3.05) is 26.6 Å². The van der Waals surface area contributed by atoms with Gasteiger partial charge in [-0.1, -0.05) is 0 Å². The number of hydrogen-bond donors (Lipinski definition) is 1. The van der Waals surface area contributed by atoms with Gasteiger partial charge in [-0.15, -0.1) is 0 Å². The van der Waals surface area contributed by atoms with E-state index in [1.807, 2.05) is 0 Å². The van der Waals surface area contributed by atoms with Crippen LogP contribution in [0.1, 0.15) is 6.42 Å². The predicted molar refractivity (Wildman–Crippen MR) is 32.0 cm³/mol. The van der Waals surface area contributed by atoms with E-state index < -0.39 is 0 Å². The Labute approximate surface area is 54.6 Å². The van der Waals surface area contributed by atoms with Gasteiger partial charge >= 0.3 is 0 Å². The number of aliphatic hydroxyl groups excluding tert-OH is 1. The molecule has 0 aromatic rings. The van der Waals surface area contributed by atoms with Crippen LogP contribution in [0.25, 0.3) is 0 Å². The lowest BCUT2D eigenvalue weighted by atomic mass is 10.1. The van der Waals surface area contributed by atoms with Gasteiger partial charge in [0.05, 0.1) is 13.2 Å². The molecule has 1 fully saturated rings. The molecule has 0 saturated carbocycles. The summed E-state index contributed by atoms with van der Waals surface area (Å²) in [5.41, 5.74) is 0. The van der Waals surface area contributed by atoms with Crippen LogP contribution in [0.3, 0.4) is 0 Å². The third kappa shape index (κ3) is 2.30. The highest BCUT2D eigenvalue weighted by molar-refractivity contribution is 4.57. The van der Waals surface area contributed by atoms with Gasteiger partial charge in [0.25, 0.3) is 0 Å². The Morgan fingerprint density at radius 3 is 2.56 bits per heavy atom. The lowest BCUT2D eigenvalue weighted by Gasteiger charge is -2.20. The smallest absolute Gasteiger partial charge is 0.146 e. The van der Waals surface area contributed by atoms with Crippen LogP contribution in [0.15, 0.2) is 0 Å². The maximum atomic E-state index is 8.51. The Morgan fingerprint density at radius 1 is 1.33 bits per heavy atom. The first-order chi connectivity index (χ1) is 4.43. The molecule has 0 spiro atoms. The van der Waals surface area contributed by atoms with Gasteiger partial charge in [-0.2, -0.15) is 0 Å². The molecule has 1 heterocycles. The van der Waals surface area contributed by atoms with Crippen molar-refractivity contribution < 1.29 is 14.6 Å². The molecule has 54 valence electrons. The van der Waals surface area contributed by atoms with E-state index in [0.717, 1.165) is 19.6 Å². The van der Waals surface area contributed by atoms with Gasteiger partial charge < -0.3 is 14.6 Å². The standard InChI is InChI=1S/C6H12O3/c7-2-1-6-3-8-5-9-4-6/h6-7H,1-5H2. The predicted octanol–water partition coefficient (Wildman–Crippen LogP) is -0.0107. The summed E-state index contributed by atoms with van der Waals surface area (Å²) < 4.78 is 10.0. The second-order valence-corrected chi connectivity index (χ2v) is 2.24. The van der Waals surface area contributed by atoms with Crippen molar-refractivity contribution in [3.8, 4) is 0 Å². The summed E-state index contributed by atoms with van der Waals surface area (Å²) in [6, 6.07) is 0. The van der Waals surface area contributed by atoms with Crippen LogP contribution in [-0.4, -0.2) is 31.7 Å². The van der Waals surface area contributed by atoms with E-state index in [-0.39, 0.29) is 6.61 Å². The molecule has 1 N–H and O–H groups in total. The average Bonchev–Trinajstić information content (AvgIpc) is 1.91. The number of rotatable bonds is 2. The lowest BCUT2D eigenvalue weighted by Crippen LogP contribution is -2.24. The van der Waals surface area contributed by atoms with E-state index in [0.29, 0.717) is 12.7 Å². The van der Waals surface area contributed by atoms with Crippen molar-refractivity contribution in [3.05, 3.63) is 0 Å². The van der Waals surface area contributed by atoms with E-state index in [9.17, 15) is 0 Å². The molecular formula is C6H12O3. The van der Waals surface area contributed by atoms with E-state index in [4.69, 9.17) is 14.6 Å². The molecule has 0 aromatic heterocycles. The highest BCUT2D eigenvalue weighted by atomic mass is 16.7. The monoisotopic (exact) mass is 132 g/mol. The van der Waals surface area contributed by atoms with Crippen molar-refractivity contribution in [1.29, 1.82) is 0 Å². The maximum absolute atomic E-state index is 8.51. The molecule has 1 aliphatic rings. The van der Waals surface area contributed by atoms with Crippen LogP contribution in [0, 0.1) is 5.92 Å². The molecule has 0 aromatic carbocycles. The van der Waals surface area contributed by atoms with Crippen LogP contribution in [0.2, 0.25) is 0 Å². The zero-order valence-corrected chi connectivity index (χ0v) is 5.38. The summed E-state index contributed by atoms with van der Waals surface area (Å²) in [5.74, 6) is 0.406. The first-order valence-electron chi connectivity index (χ1n) is 3.20. The summed E-state index contributed by atoms with van der Waals surface area (Å²) >= 11 is 0. The fourth-order valence-electron chi connectivity index (χ4n) is 0.886. The fourth-order valence-corrected chi connectivity index (χ4v) is 0.886. The Hall–Kier alpha value is -0.120. The minimum atomic E-state index is 0.234. The van der Waals surface area contributed by atoms with Crippen LogP contribution < -0.4 is 0 Å². The van der Waals surface area contributed by atoms with Gasteiger partial charge in [0.15, 0.2) is 0 Å². The van der Waals surface area contributed by atoms with Crippen molar-refractivity contribution in [2.24, 2.45) is 5.92 Å². The molecule has 0 atom stereocenters. The molecule has 0 radical (unpaired) electrons. The molecular weight excluding hydrogens is 120 g/mol. The largest absolute Gasteiger partial charge is 0.396 e. The second kappa shape index (κ2) is 3.82. The van der Waals surface area contributed by atoms with Crippen LogP contribution in [-0.2, 0) is 9.47 Å². The van der Waals surface area contributed by atoms with Crippen molar-refractivity contribution in [1.82, 2.24) is 0 Å². The normalized spacial score (nSPS) is 22.3. The van der Waals surface area contributed by atoms with E-state index >= 15 is 0 Å². The summed E-state index contributed by atoms with van der Waals surface area (Å²) in [5, 5.41) is 8.51. The SMILES string of the molecule is OCCC1COCOC1. The Balaban J connectivity index is 2.08. The third-order valence-electron chi connectivity index (χ3n) is 1.41. The summed E-state index contributed by atoms with van der Waals surface area (Å²) in [6.07, 6.45) is 0.792. The summed E-state index contributed by atoms with van der Waals surface area (Å²) in [7, 11) is 0. The quantitative estimate of drug-likeness (QED) is 0.574. The Bertz CT molecular complexity index is 65.9. The molecule has 1 aliphatic heterocycles. The van der Waals surface area contributed by atoms with Crippen molar-refractivity contribution in [3.63, 3.8) is 0 Å². The molecule has 0 unspecified atom stereocenters. The van der Waals surface area contributed by atoms with Gasteiger partial charge in [-0.25, -0.2) is 0 Å². The molecule has 3 nitrogen and oxygen atoms in total. The average molecular weight is 132 g/mol. The number of ether oxygens (including phenoxy) is 2. The molecule has 0 aliphatic carbocycles. The minimum absolute atomic E-state index is 0.234. The van der Waals surface area contributed by atoms with Crippen molar-refractivity contribution in [2.45, 2.75) is 6.42 Å². The minimum Gasteiger partial charge on any atom is -0.396 e. The summed E-state index contributed by atoms with van der Waals surface area (Å²) in [6.45, 7) is 2.13. The van der Waals surface area contributed by atoms with Crippen LogP contribution >= 0.6 is 0 Å². The number of aliphatic hydroxyl groups is 1. The molecule has 0 bridgehead atoms. The highest BCUT2D eigenvalue weighted by Crippen LogP contribution is 2.08. The van der Waals surface area contributed by atoms with E-state index in [1.54, 1.807) is 0 Å². The third-order valence-corrected chi connectivity index (χ3v) is 1.41.